The summed E-state index contributed by atoms with van der Waals surface area (Å²) >= 11 is 0. The molecular weight excluding hydrogens is 278 g/mol. The maximum absolute atomic E-state index is 11.9. The van der Waals surface area contributed by atoms with Crippen LogP contribution in [-0.4, -0.2) is 76.8 Å². The highest BCUT2D eigenvalue weighted by molar-refractivity contribution is 6.01. The van der Waals surface area contributed by atoms with Gasteiger partial charge in [-0.2, -0.15) is 0 Å². The smallest absolute Gasteiger partial charge is 0.326 e. The molecule has 2 aliphatic rings. The summed E-state index contributed by atoms with van der Waals surface area (Å²) in [6, 6.07) is -0.334. The molecule has 4 amide bonds. The molecule has 2 heterocycles. The third-order valence-corrected chi connectivity index (χ3v) is 3.89. The number of likely N-dealkylation sites (N-methyl/N-ethyl adjacent to an activating group) is 1. The normalized spacial score (nSPS) is 22.3. The predicted molar refractivity (Wildman–Crippen MR) is 71.3 cm³/mol. The molecule has 8 heteroatoms. The molecule has 2 aliphatic heterocycles. The zero-order valence-electron chi connectivity index (χ0n) is 11.9. The van der Waals surface area contributed by atoms with Crippen molar-refractivity contribution < 1.29 is 24.3 Å². The molecule has 0 radical (unpaired) electrons. The Bertz CT molecular complexity index is 478. The second-order valence-electron chi connectivity index (χ2n) is 5.45. The first-order chi connectivity index (χ1) is 9.90. The van der Waals surface area contributed by atoms with E-state index in [9.17, 15) is 19.2 Å². The lowest BCUT2D eigenvalue weighted by molar-refractivity contribution is -0.141. The van der Waals surface area contributed by atoms with Crippen LogP contribution in [0.25, 0.3) is 0 Å². The molecule has 0 bridgehead atoms. The van der Waals surface area contributed by atoms with Gasteiger partial charge in [-0.15, -0.1) is 0 Å². The Labute approximate surface area is 122 Å². The van der Waals surface area contributed by atoms with Crippen molar-refractivity contribution in [3.8, 4) is 0 Å². The summed E-state index contributed by atoms with van der Waals surface area (Å²) in [7, 11) is 1.56. The number of rotatable bonds is 5. The van der Waals surface area contributed by atoms with Gasteiger partial charge in [-0.25, -0.2) is 4.79 Å². The van der Waals surface area contributed by atoms with Gasteiger partial charge in [0.2, 0.25) is 11.8 Å². The molecule has 1 unspecified atom stereocenters. The van der Waals surface area contributed by atoms with E-state index in [0.29, 0.717) is 19.4 Å². The molecule has 1 atom stereocenters. The fraction of sp³-hybridized carbons (Fsp3) is 0.692. The lowest BCUT2D eigenvalue weighted by Crippen LogP contribution is -2.34. The highest BCUT2D eigenvalue weighted by Crippen LogP contribution is 2.18. The number of likely N-dealkylation sites (tertiary alicyclic amines) is 1. The van der Waals surface area contributed by atoms with Crippen molar-refractivity contribution in [2.45, 2.75) is 19.3 Å². The van der Waals surface area contributed by atoms with Crippen LogP contribution in [0.5, 0.6) is 0 Å². The topological polar surface area (TPSA) is 98.2 Å². The van der Waals surface area contributed by atoms with E-state index in [1.807, 2.05) is 0 Å². The van der Waals surface area contributed by atoms with E-state index in [0.717, 1.165) is 4.90 Å². The van der Waals surface area contributed by atoms with E-state index in [1.165, 1.54) is 4.90 Å². The molecule has 0 aromatic heterocycles. The Kier molecular flexibility index (Phi) is 4.44. The number of carbonyl (C=O) groups is 4. The number of nitrogens with zero attached hydrogens (tertiary/aromatic N) is 3. The Morgan fingerprint density at radius 1 is 1.33 bits per heavy atom. The number of aliphatic carboxylic acids is 1. The zero-order valence-corrected chi connectivity index (χ0v) is 11.9. The van der Waals surface area contributed by atoms with Crippen molar-refractivity contribution in [1.82, 2.24) is 14.7 Å². The number of carboxylic acids is 1. The quantitative estimate of drug-likeness (QED) is 0.696. The molecule has 0 aromatic rings. The van der Waals surface area contributed by atoms with Crippen LogP contribution in [-0.2, 0) is 14.4 Å². The Balaban J connectivity index is 1.74. The minimum Gasteiger partial charge on any atom is -0.481 e. The van der Waals surface area contributed by atoms with Gasteiger partial charge in [0.05, 0.1) is 5.92 Å². The average molecular weight is 297 g/mol. The van der Waals surface area contributed by atoms with Crippen molar-refractivity contribution >= 4 is 23.8 Å². The van der Waals surface area contributed by atoms with Gasteiger partial charge in [0.15, 0.2) is 0 Å². The van der Waals surface area contributed by atoms with Crippen LogP contribution in [0.4, 0.5) is 4.79 Å². The van der Waals surface area contributed by atoms with Crippen molar-refractivity contribution in [1.29, 1.82) is 0 Å². The van der Waals surface area contributed by atoms with Crippen molar-refractivity contribution in [3.63, 3.8) is 0 Å². The third kappa shape index (κ3) is 3.32. The first-order valence-electron chi connectivity index (χ1n) is 6.96. The van der Waals surface area contributed by atoms with Crippen LogP contribution in [0.2, 0.25) is 0 Å². The van der Waals surface area contributed by atoms with E-state index in [2.05, 4.69) is 0 Å². The molecule has 2 saturated heterocycles. The second kappa shape index (κ2) is 6.11. The highest BCUT2D eigenvalue weighted by Gasteiger charge is 2.34. The maximum Gasteiger partial charge on any atom is 0.326 e. The summed E-state index contributed by atoms with van der Waals surface area (Å²) in [6.45, 7) is 1.02. The minimum atomic E-state index is -0.874. The molecule has 0 saturated carbocycles. The largest absolute Gasteiger partial charge is 0.481 e. The molecule has 0 aromatic carbocycles. The summed E-state index contributed by atoms with van der Waals surface area (Å²) < 4.78 is 0. The molecule has 2 rings (SSSR count). The van der Waals surface area contributed by atoms with Gasteiger partial charge in [0.25, 0.3) is 0 Å². The second-order valence-corrected chi connectivity index (χ2v) is 5.45. The van der Waals surface area contributed by atoms with E-state index >= 15 is 0 Å². The summed E-state index contributed by atoms with van der Waals surface area (Å²) in [5.41, 5.74) is 0. The average Bonchev–Trinajstić information content (AvgIpc) is 2.99. The van der Waals surface area contributed by atoms with Gasteiger partial charge in [0.1, 0.15) is 6.54 Å². The molecule has 116 valence electrons. The van der Waals surface area contributed by atoms with Crippen LogP contribution in [0.15, 0.2) is 0 Å². The first kappa shape index (κ1) is 15.3. The summed E-state index contributed by atoms with van der Waals surface area (Å²) in [5.74, 6) is -1.72. The van der Waals surface area contributed by atoms with E-state index in [1.54, 1.807) is 11.9 Å². The highest BCUT2D eigenvalue weighted by atomic mass is 16.4. The summed E-state index contributed by atoms with van der Waals surface area (Å²) in [5, 5.41) is 8.89. The van der Waals surface area contributed by atoms with Gasteiger partial charge in [-0.1, -0.05) is 0 Å². The fourth-order valence-electron chi connectivity index (χ4n) is 2.62. The van der Waals surface area contributed by atoms with E-state index < -0.39 is 11.9 Å². The molecular formula is C13H19N3O5. The lowest BCUT2D eigenvalue weighted by Gasteiger charge is -2.17. The van der Waals surface area contributed by atoms with Gasteiger partial charge in [-0.3, -0.25) is 19.3 Å². The van der Waals surface area contributed by atoms with E-state index in [-0.39, 0.29) is 43.9 Å². The minimum absolute atomic E-state index is 0.0825. The third-order valence-electron chi connectivity index (χ3n) is 3.89. The zero-order chi connectivity index (χ0) is 15.6. The molecule has 0 aliphatic carbocycles. The number of amides is 4. The van der Waals surface area contributed by atoms with Gasteiger partial charge in [-0.05, 0) is 12.8 Å². The monoisotopic (exact) mass is 297 g/mol. The molecule has 21 heavy (non-hydrogen) atoms. The van der Waals surface area contributed by atoms with Crippen molar-refractivity contribution in [2.24, 2.45) is 5.92 Å². The van der Waals surface area contributed by atoms with E-state index in [4.69, 9.17) is 5.11 Å². The van der Waals surface area contributed by atoms with Crippen LogP contribution >= 0.6 is 0 Å². The molecule has 1 N–H and O–H groups in total. The molecule has 0 spiro atoms. The standard InChI is InChI=1S/C13H19N3O5/c1-14-8-11(18)16(13(14)21)5-2-3-10(17)15-6-4-9(7-15)12(19)20/h9H,2-8H2,1H3,(H,19,20). The Hall–Kier alpha value is -2.12. The van der Waals surface area contributed by atoms with Gasteiger partial charge in [0, 0.05) is 33.1 Å². The predicted octanol–water partition coefficient (Wildman–Crippen LogP) is -0.406. The number of hydrogen-bond acceptors (Lipinski definition) is 4. The van der Waals surface area contributed by atoms with Crippen molar-refractivity contribution in [2.75, 3.05) is 33.2 Å². The number of carbonyl (C=O) groups excluding carboxylic acids is 3. The lowest BCUT2D eigenvalue weighted by atomic mass is 10.1. The summed E-state index contributed by atoms with van der Waals surface area (Å²) in [4.78, 5) is 50.0. The Morgan fingerprint density at radius 2 is 2.05 bits per heavy atom. The van der Waals surface area contributed by atoms with Gasteiger partial charge < -0.3 is 14.9 Å². The van der Waals surface area contributed by atoms with Crippen molar-refractivity contribution in [3.05, 3.63) is 0 Å². The SMILES string of the molecule is CN1CC(=O)N(CCCC(=O)N2CCC(C(=O)O)C2)C1=O. The number of urea groups is 1. The summed E-state index contributed by atoms with van der Waals surface area (Å²) in [6.07, 6.45) is 1.10. The first-order valence-corrected chi connectivity index (χ1v) is 6.96. The van der Waals surface area contributed by atoms with Gasteiger partial charge >= 0.3 is 12.0 Å². The van der Waals surface area contributed by atoms with Crippen LogP contribution in [0.3, 0.4) is 0 Å². The van der Waals surface area contributed by atoms with Crippen LogP contribution in [0.1, 0.15) is 19.3 Å². The van der Waals surface area contributed by atoms with Crippen LogP contribution < -0.4 is 0 Å². The molecule has 8 nitrogen and oxygen atoms in total. The number of hydrogen-bond donors (Lipinski definition) is 1. The van der Waals surface area contributed by atoms with Crippen LogP contribution in [0, 0.1) is 5.92 Å². The Morgan fingerprint density at radius 3 is 2.57 bits per heavy atom. The fourth-order valence-corrected chi connectivity index (χ4v) is 2.62. The number of carboxylic acid groups (broad SMARTS) is 1. The maximum atomic E-state index is 11.9. The number of imide groups is 1. The molecule has 2 fully saturated rings.